The lowest BCUT2D eigenvalue weighted by Gasteiger charge is -2.15. The third-order valence-corrected chi connectivity index (χ3v) is 4.14. The highest BCUT2D eigenvalue weighted by Crippen LogP contribution is 2.35. The Morgan fingerprint density at radius 1 is 1.18 bits per heavy atom. The van der Waals surface area contributed by atoms with E-state index in [-0.39, 0.29) is 29.5 Å². The van der Waals surface area contributed by atoms with Crippen LogP contribution in [0.2, 0.25) is 0 Å². The maximum Gasteiger partial charge on any atom is 0.416 e. The van der Waals surface area contributed by atoms with Gasteiger partial charge in [0.1, 0.15) is 23.3 Å². The average molecular weight is 394 g/mol. The minimum absolute atomic E-state index is 0.000301. The lowest BCUT2D eigenvalue weighted by atomic mass is 10.2. The molecule has 1 aliphatic rings. The molecule has 148 valence electrons. The molecule has 1 unspecified atom stereocenters. The lowest BCUT2D eigenvalue weighted by Crippen LogP contribution is -2.37. The summed E-state index contributed by atoms with van der Waals surface area (Å²) < 4.78 is 49.2. The van der Waals surface area contributed by atoms with Crippen LogP contribution in [-0.2, 0) is 15.8 Å². The van der Waals surface area contributed by atoms with Gasteiger partial charge in [-0.3, -0.25) is 9.59 Å². The van der Waals surface area contributed by atoms with E-state index in [4.69, 9.17) is 9.47 Å². The fraction of sp³-hybridized carbons (Fsp3) is 0.263. The first-order valence-corrected chi connectivity index (χ1v) is 8.39. The first kappa shape index (κ1) is 19.5. The molecule has 1 saturated heterocycles. The highest BCUT2D eigenvalue weighted by molar-refractivity contribution is 6.00. The summed E-state index contributed by atoms with van der Waals surface area (Å²) in [6.45, 7) is 0. The third-order valence-electron chi connectivity index (χ3n) is 4.14. The second-order valence-electron chi connectivity index (χ2n) is 6.14. The normalized spacial score (nSPS) is 16.4. The predicted octanol–water partition coefficient (Wildman–Crippen LogP) is 3.72. The fourth-order valence-electron chi connectivity index (χ4n) is 2.75. The summed E-state index contributed by atoms with van der Waals surface area (Å²) in [6, 6.07) is 8.29. The lowest BCUT2D eigenvalue weighted by molar-refractivity contribution is -0.137. The van der Waals surface area contributed by atoms with Crippen LogP contribution in [0.15, 0.2) is 42.5 Å². The number of benzene rings is 2. The largest absolute Gasteiger partial charge is 0.495 e. The Kier molecular flexibility index (Phi) is 5.43. The molecule has 1 fully saturated rings. The topological polar surface area (TPSA) is 76.7 Å². The van der Waals surface area contributed by atoms with E-state index in [1.165, 1.54) is 37.4 Å². The number of amides is 2. The number of rotatable bonds is 5. The van der Waals surface area contributed by atoms with Crippen LogP contribution in [0, 0.1) is 0 Å². The quantitative estimate of drug-likeness (QED) is 0.810. The maximum atomic E-state index is 12.8. The maximum absolute atomic E-state index is 12.8. The predicted molar refractivity (Wildman–Crippen MR) is 94.3 cm³/mol. The van der Waals surface area contributed by atoms with E-state index < -0.39 is 23.7 Å². The highest BCUT2D eigenvalue weighted by Gasteiger charge is 2.31. The molecule has 1 atom stereocenters. The van der Waals surface area contributed by atoms with Crippen LogP contribution < -0.4 is 20.1 Å². The molecule has 6 nitrogen and oxygen atoms in total. The molecule has 1 aliphatic heterocycles. The van der Waals surface area contributed by atoms with Crippen molar-refractivity contribution in [2.45, 2.75) is 25.1 Å². The smallest absolute Gasteiger partial charge is 0.416 e. The number of carbonyl (C=O) groups is 2. The number of methoxy groups -OCH3 is 1. The zero-order valence-electron chi connectivity index (χ0n) is 14.8. The second-order valence-corrected chi connectivity index (χ2v) is 6.14. The first-order chi connectivity index (χ1) is 13.3. The van der Waals surface area contributed by atoms with Crippen LogP contribution in [0.3, 0.4) is 0 Å². The average Bonchev–Trinajstić information content (AvgIpc) is 3.08. The monoisotopic (exact) mass is 394 g/mol. The van der Waals surface area contributed by atoms with E-state index in [2.05, 4.69) is 10.6 Å². The Balaban J connectivity index is 1.79. The molecule has 0 aromatic heterocycles. The molecule has 1 heterocycles. The van der Waals surface area contributed by atoms with Crippen LogP contribution >= 0.6 is 0 Å². The number of hydrogen-bond donors (Lipinski definition) is 2. The van der Waals surface area contributed by atoms with Gasteiger partial charge in [-0.25, -0.2) is 0 Å². The van der Waals surface area contributed by atoms with Crippen LogP contribution in [0.25, 0.3) is 0 Å². The van der Waals surface area contributed by atoms with E-state index in [1.807, 2.05) is 0 Å². The van der Waals surface area contributed by atoms with Gasteiger partial charge in [-0.1, -0.05) is 6.07 Å². The van der Waals surface area contributed by atoms with E-state index >= 15 is 0 Å². The molecular formula is C19H17F3N2O4. The zero-order chi connectivity index (χ0) is 20.3. The van der Waals surface area contributed by atoms with Crippen LogP contribution in [0.1, 0.15) is 18.4 Å². The zero-order valence-corrected chi connectivity index (χ0v) is 14.8. The summed E-state index contributed by atoms with van der Waals surface area (Å²) in [5, 5.41) is 5.20. The van der Waals surface area contributed by atoms with Crippen molar-refractivity contribution in [1.29, 1.82) is 0 Å². The molecule has 0 aliphatic carbocycles. The van der Waals surface area contributed by atoms with Crippen molar-refractivity contribution in [3.63, 3.8) is 0 Å². The van der Waals surface area contributed by atoms with Gasteiger partial charge in [0.25, 0.3) is 0 Å². The minimum atomic E-state index is -4.48. The Morgan fingerprint density at radius 3 is 2.57 bits per heavy atom. The van der Waals surface area contributed by atoms with Crippen molar-refractivity contribution < 1.29 is 32.2 Å². The van der Waals surface area contributed by atoms with Gasteiger partial charge in [-0.15, -0.1) is 0 Å². The van der Waals surface area contributed by atoms with Crippen molar-refractivity contribution in [3.05, 3.63) is 48.0 Å². The number of anilines is 1. The molecule has 2 aromatic rings. The van der Waals surface area contributed by atoms with E-state index in [1.54, 1.807) is 0 Å². The standard InChI is InChI=1S/C19H17F3N2O4/c1-27-16-7-5-13(28-12-4-2-3-11(9-12)19(20,21)22)10-15(16)24-18(26)14-6-8-17(25)23-14/h2-5,7,9-10,14H,6,8H2,1H3,(H,23,25)(H,24,26). The van der Waals surface area contributed by atoms with E-state index in [0.29, 0.717) is 12.2 Å². The Bertz CT molecular complexity index is 899. The Labute approximate surface area is 158 Å². The summed E-state index contributed by atoms with van der Waals surface area (Å²) in [4.78, 5) is 23.6. The summed E-state index contributed by atoms with van der Waals surface area (Å²) >= 11 is 0. The summed E-state index contributed by atoms with van der Waals surface area (Å²) in [5.41, 5.74) is -0.554. The van der Waals surface area contributed by atoms with Crippen molar-refractivity contribution in [3.8, 4) is 17.2 Å². The van der Waals surface area contributed by atoms with E-state index in [0.717, 1.165) is 12.1 Å². The molecule has 0 bridgehead atoms. The molecule has 9 heteroatoms. The molecule has 2 amide bonds. The molecule has 3 rings (SSSR count). The van der Waals surface area contributed by atoms with Gasteiger partial charge in [-0.2, -0.15) is 13.2 Å². The van der Waals surface area contributed by atoms with Gasteiger partial charge in [0.15, 0.2) is 0 Å². The number of carbonyl (C=O) groups excluding carboxylic acids is 2. The SMILES string of the molecule is COc1ccc(Oc2cccc(C(F)(F)F)c2)cc1NC(=O)C1CCC(=O)N1. The third kappa shape index (κ3) is 4.54. The summed E-state index contributed by atoms with van der Waals surface area (Å²) in [5.74, 6) is -0.0608. The van der Waals surface area contributed by atoms with Gasteiger partial charge < -0.3 is 20.1 Å². The van der Waals surface area contributed by atoms with Gasteiger partial charge >= 0.3 is 6.18 Å². The summed E-state index contributed by atoms with van der Waals surface area (Å²) in [7, 11) is 1.41. The highest BCUT2D eigenvalue weighted by atomic mass is 19.4. The Hall–Kier alpha value is -3.23. The van der Waals surface area contributed by atoms with Crippen molar-refractivity contribution in [2.75, 3.05) is 12.4 Å². The number of alkyl halides is 3. The van der Waals surface area contributed by atoms with Gasteiger partial charge in [0.05, 0.1) is 18.4 Å². The first-order valence-electron chi connectivity index (χ1n) is 8.39. The molecule has 0 radical (unpaired) electrons. The number of hydrogen-bond acceptors (Lipinski definition) is 4. The van der Waals surface area contributed by atoms with Crippen molar-refractivity contribution in [2.24, 2.45) is 0 Å². The summed E-state index contributed by atoms with van der Waals surface area (Å²) in [6.07, 6.45) is -3.83. The molecule has 0 saturated carbocycles. The molecule has 2 N–H and O–H groups in total. The second kappa shape index (κ2) is 7.79. The van der Waals surface area contributed by atoms with Gasteiger partial charge in [-0.05, 0) is 36.8 Å². The van der Waals surface area contributed by atoms with Gasteiger partial charge in [0.2, 0.25) is 11.8 Å². The van der Waals surface area contributed by atoms with E-state index in [9.17, 15) is 22.8 Å². The van der Waals surface area contributed by atoms with Gasteiger partial charge in [0, 0.05) is 12.5 Å². The molecule has 28 heavy (non-hydrogen) atoms. The van der Waals surface area contributed by atoms with Crippen molar-refractivity contribution in [1.82, 2.24) is 5.32 Å². The number of halogens is 3. The number of ether oxygens (including phenoxy) is 2. The van der Waals surface area contributed by atoms with Crippen LogP contribution in [-0.4, -0.2) is 25.0 Å². The number of nitrogens with one attached hydrogen (secondary N) is 2. The van der Waals surface area contributed by atoms with Crippen LogP contribution in [0.4, 0.5) is 18.9 Å². The van der Waals surface area contributed by atoms with Crippen LogP contribution in [0.5, 0.6) is 17.2 Å². The van der Waals surface area contributed by atoms with Crippen molar-refractivity contribution >= 4 is 17.5 Å². The molecule has 2 aromatic carbocycles. The minimum Gasteiger partial charge on any atom is -0.495 e. The Morgan fingerprint density at radius 2 is 1.93 bits per heavy atom. The molecule has 0 spiro atoms. The molecular weight excluding hydrogens is 377 g/mol. The fourth-order valence-corrected chi connectivity index (χ4v) is 2.75.